The lowest BCUT2D eigenvalue weighted by atomic mass is 9.72. The second-order valence-corrected chi connectivity index (χ2v) is 5.61. The maximum Gasteiger partial charge on any atom is 0.144 e. The second kappa shape index (κ2) is 6.33. The SMILES string of the molecule is CCCC1(C(=O)Cc2cnn(CC)c2)CCCNC1. The van der Waals surface area contributed by atoms with Gasteiger partial charge in [-0.3, -0.25) is 9.48 Å². The molecule has 1 fully saturated rings. The Morgan fingerprint density at radius 1 is 1.53 bits per heavy atom. The molecule has 0 saturated carbocycles. The highest BCUT2D eigenvalue weighted by atomic mass is 16.1. The zero-order chi connectivity index (χ0) is 13.7. The Bertz CT molecular complexity index is 413. The van der Waals surface area contributed by atoms with Gasteiger partial charge in [-0.15, -0.1) is 0 Å². The zero-order valence-corrected chi connectivity index (χ0v) is 12.1. The molecule has 0 spiro atoms. The van der Waals surface area contributed by atoms with Gasteiger partial charge < -0.3 is 5.32 Å². The molecule has 0 bridgehead atoms. The van der Waals surface area contributed by atoms with E-state index in [1.165, 1.54) is 0 Å². The summed E-state index contributed by atoms with van der Waals surface area (Å²) in [5, 5.41) is 7.65. The van der Waals surface area contributed by atoms with E-state index in [-0.39, 0.29) is 5.41 Å². The molecule has 0 amide bonds. The highest BCUT2D eigenvalue weighted by Crippen LogP contribution is 2.33. The summed E-state index contributed by atoms with van der Waals surface area (Å²) in [7, 11) is 0. The van der Waals surface area contributed by atoms with Crippen LogP contribution in [0.1, 0.15) is 45.1 Å². The van der Waals surface area contributed by atoms with Crippen LogP contribution in [0, 0.1) is 5.41 Å². The molecular formula is C15H25N3O. The Kier molecular flexibility index (Phi) is 4.75. The third-order valence-electron chi connectivity index (χ3n) is 4.17. The van der Waals surface area contributed by atoms with Gasteiger partial charge in [0.2, 0.25) is 0 Å². The smallest absolute Gasteiger partial charge is 0.144 e. The van der Waals surface area contributed by atoms with Gasteiger partial charge in [-0.05, 0) is 38.3 Å². The first-order chi connectivity index (χ1) is 9.20. The molecule has 1 N–H and O–H groups in total. The number of piperidine rings is 1. The van der Waals surface area contributed by atoms with E-state index < -0.39 is 0 Å². The van der Waals surface area contributed by atoms with Crippen LogP contribution in [0.5, 0.6) is 0 Å². The van der Waals surface area contributed by atoms with Gasteiger partial charge in [0.25, 0.3) is 0 Å². The van der Waals surface area contributed by atoms with Crippen molar-refractivity contribution in [3.05, 3.63) is 18.0 Å². The largest absolute Gasteiger partial charge is 0.316 e. The van der Waals surface area contributed by atoms with Crippen molar-refractivity contribution in [3.8, 4) is 0 Å². The minimum Gasteiger partial charge on any atom is -0.316 e. The minimum atomic E-state index is -0.138. The van der Waals surface area contributed by atoms with Crippen LogP contribution in [0.25, 0.3) is 0 Å². The molecule has 2 rings (SSSR count). The highest BCUT2D eigenvalue weighted by molar-refractivity contribution is 5.87. The maximum absolute atomic E-state index is 12.7. The van der Waals surface area contributed by atoms with Gasteiger partial charge in [0.1, 0.15) is 5.78 Å². The lowest BCUT2D eigenvalue weighted by molar-refractivity contribution is -0.129. The summed E-state index contributed by atoms with van der Waals surface area (Å²) in [4.78, 5) is 12.7. The molecule has 1 saturated heterocycles. The van der Waals surface area contributed by atoms with Crippen LogP contribution < -0.4 is 5.32 Å². The van der Waals surface area contributed by atoms with Gasteiger partial charge in [-0.1, -0.05) is 13.3 Å². The van der Waals surface area contributed by atoms with Crippen LogP contribution in [0.3, 0.4) is 0 Å². The highest BCUT2D eigenvalue weighted by Gasteiger charge is 2.38. The van der Waals surface area contributed by atoms with E-state index in [1.807, 2.05) is 17.1 Å². The molecule has 2 heterocycles. The molecule has 1 aliphatic rings. The molecule has 1 unspecified atom stereocenters. The lowest BCUT2D eigenvalue weighted by Crippen LogP contribution is -2.46. The zero-order valence-electron chi connectivity index (χ0n) is 12.1. The number of ketones is 1. The molecule has 0 aliphatic carbocycles. The summed E-state index contributed by atoms with van der Waals surface area (Å²) in [6, 6.07) is 0. The molecular weight excluding hydrogens is 238 g/mol. The van der Waals surface area contributed by atoms with Crippen LogP contribution in [-0.2, 0) is 17.8 Å². The number of carbonyl (C=O) groups is 1. The van der Waals surface area contributed by atoms with E-state index in [1.54, 1.807) is 0 Å². The third kappa shape index (κ3) is 3.24. The monoisotopic (exact) mass is 263 g/mol. The molecule has 106 valence electrons. The van der Waals surface area contributed by atoms with E-state index >= 15 is 0 Å². The predicted molar refractivity (Wildman–Crippen MR) is 76.1 cm³/mol. The van der Waals surface area contributed by atoms with Crippen LogP contribution >= 0.6 is 0 Å². The number of nitrogens with zero attached hydrogens (tertiary/aromatic N) is 2. The predicted octanol–water partition coefficient (Wildman–Crippen LogP) is 2.18. The first-order valence-electron chi connectivity index (χ1n) is 7.45. The van der Waals surface area contributed by atoms with E-state index in [0.29, 0.717) is 12.2 Å². The van der Waals surface area contributed by atoms with Crippen molar-refractivity contribution in [2.24, 2.45) is 5.41 Å². The molecule has 0 aromatic carbocycles. The van der Waals surface area contributed by atoms with Crippen molar-refractivity contribution < 1.29 is 4.79 Å². The van der Waals surface area contributed by atoms with Crippen molar-refractivity contribution in [3.63, 3.8) is 0 Å². The summed E-state index contributed by atoms with van der Waals surface area (Å²) in [6.45, 7) is 6.98. The van der Waals surface area contributed by atoms with Crippen LogP contribution in [0.15, 0.2) is 12.4 Å². The van der Waals surface area contributed by atoms with Crippen molar-refractivity contribution in [2.45, 2.75) is 52.5 Å². The number of aromatic nitrogens is 2. The molecule has 1 aromatic heterocycles. The molecule has 4 heteroatoms. The van der Waals surface area contributed by atoms with E-state index in [2.05, 4.69) is 24.3 Å². The van der Waals surface area contributed by atoms with Gasteiger partial charge in [-0.2, -0.15) is 5.10 Å². The first-order valence-corrected chi connectivity index (χ1v) is 7.45. The average molecular weight is 263 g/mol. The Labute approximate surface area is 115 Å². The number of nitrogens with one attached hydrogen (secondary N) is 1. The number of aryl methyl sites for hydroxylation is 1. The fourth-order valence-electron chi connectivity index (χ4n) is 3.08. The van der Waals surface area contributed by atoms with Crippen molar-refractivity contribution in [2.75, 3.05) is 13.1 Å². The standard InChI is InChI=1S/C15H25N3O/c1-3-6-15(7-5-8-16-12-15)14(19)9-13-10-17-18(4-2)11-13/h10-11,16H,3-9,12H2,1-2H3. The Morgan fingerprint density at radius 3 is 2.95 bits per heavy atom. The number of Topliss-reactive ketones (excluding diaryl/α,β-unsaturated/α-hetero) is 1. The van der Waals surface area contributed by atoms with Crippen molar-refractivity contribution in [1.82, 2.24) is 15.1 Å². The Hall–Kier alpha value is -1.16. The lowest BCUT2D eigenvalue weighted by Gasteiger charge is -2.36. The third-order valence-corrected chi connectivity index (χ3v) is 4.17. The van der Waals surface area contributed by atoms with Crippen LogP contribution in [-0.4, -0.2) is 28.7 Å². The summed E-state index contributed by atoms with van der Waals surface area (Å²) < 4.78 is 1.88. The van der Waals surface area contributed by atoms with E-state index in [0.717, 1.165) is 50.9 Å². The average Bonchev–Trinajstić information content (AvgIpc) is 2.88. The fraction of sp³-hybridized carbons (Fsp3) is 0.733. The molecule has 1 aliphatic heterocycles. The van der Waals surface area contributed by atoms with Crippen molar-refractivity contribution >= 4 is 5.78 Å². The normalized spacial score (nSPS) is 23.5. The Morgan fingerprint density at radius 2 is 2.37 bits per heavy atom. The van der Waals surface area contributed by atoms with Gasteiger partial charge >= 0.3 is 0 Å². The number of hydrogen-bond donors (Lipinski definition) is 1. The first kappa shape index (κ1) is 14.3. The van der Waals surface area contributed by atoms with Gasteiger partial charge in [0.05, 0.1) is 6.20 Å². The summed E-state index contributed by atoms with van der Waals surface area (Å²) in [6.07, 6.45) is 8.57. The molecule has 4 nitrogen and oxygen atoms in total. The maximum atomic E-state index is 12.7. The van der Waals surface area contributed by atoms with Gasteiger partial charge in [0.15, 0.2) is 0 Å². The fourth-order valence-corrected chi connectivity index (χ4v) is 3.08. The Balaban J connectivity index is 2.06. The molecule has 0 radical (unpaired) electrons. The second-order valence-electron chi connectivity index (χ2n) is 5.61. The summed E-state index contributed by atoms with van der Waals surface area (Å²) in [5.41, 5.74) is 0.911. The number of rotatable bonds is 6. The van der Waals surface area contributed by atoms with Crippen molar-refractivity contribution in [1.29, 1.82) is 0 Å². The molecule has 19 heavy (non-hydrogen) atoms. The van der Waals surface area contributed by atoms with E-state index in [4.69, 9.17) is 0 Å². The molecule has 1 atom stereocenters. The number of hydrogen-bond acceptors (Lipinski definition) is 3. The quantitative estimate of drug-likeness (QED) is 0.855. The minimum absolute atomic E-state index is 0.138. The topological polar surface area (TPSA) is 46.9 Å². The van der Waals surface area contributed by atoms with Gasteiger partial charge in [0, 0.05) is 31.1 Å². The van der Waals surface area contributed by atoms with Crippen LogP contribution in [0.2, 0.25) is 0 Å². The number of carbonyl (C=O) groups excluding carboxylic acids is 1. The van der Waals surface area contributed by atoms with E-state index in [9.17, 15) is 4.79 Å². The van der Waals surface area contributed by atoms with Crippen LogP contribution in [0.4, 0.5) is 0 Å². The van der Waals surface area contributed by atoms with Gasteiger partial charge in [-0.25, -0.2) is 0 Å². The molecule has 1 aromatic rings. The summed E-state index contributed by atoms with van der Waals surface area (Å²) in [5.74, 6) is 0.386. The summed E-state index contributed by atoms with van der Waals surface area (Å²) >= 11 is 0.